The first-order valence-electron chi connectivity index (χ1n) is 9.55. The lowest BCUT2D eigenvalue weighted by molar-refractivity contribution is -0.170. The van der Waals surface area contributed by atoms with Crippen LogP contribution in [0.3, 0.4) is 0 Å². The number of fused-ring (bicyclic) bond motifs is 1. The van der Waals surface area contributed by atoms with Gasteiger partial charge in [-0.15, -0.1) is 0 Å². The first-order valence-corrected chi connectivity index (χ1v) is 9.55. The Bertz CT molecular complexity index is 916. The van der Waals surface area contributed by atoms with Gasteiger partial charge in [0.25, 0.3) is 0 Å². The maximum atomic E-state index is 9.58. The van der Waals surface area contributed by atoms with Gasteiger partial charge in [0.1, 0.15) is 5.75 Å². The van der Waals surface area contributed by atoms with Crippen molar-refractivity contribution in [3.05, 3.63) is 89.5 Å². The van der Waals surface area contributed by atoms with Gasteiger partial charge < -0.3 is 24.1 Å². The van der Waals surface area contributed by atoms with E-state index in [1.807, 2.05) is 66.7 Å². The largest absolute Gasteiger partial charge is 0.497 e. The van der Waals surface area contributed by atoms with E-state index in [1.165, 1.54) is 0 Å². The lowest BCUT2D eigenvalue weighted by atomic mass is 9.78. The lowest BCUT2D eigenvalue weighted by Crippen LogP contribution is -2.43. The molecule has 0 aromatic heterocycles. The zero-order valence-electron chi connectivity index (χ0n) is 16.5. The van der Waals surface area contributed by atoms with Crippen molar-refractivity contribution in [3.8, 4) is 17.2 Å². The van der Waals surface area contributed by atoms with E-state index in [9.17, 15) is 5.11 Å². The van der Waals surface area contributed by atoms with Gasteiger partial charge in [-0.25, -0.2) is 0 Å². The molecule has 0 saturated heterocycles. The Morgan fingerprint density at radius 1 is 0.897 bits per heavy atom. The summed E-state index contributed by atoms with van der Waals surface area (Å²) in [5.41, 5.74) is 1.75. The number of rotatable bonds is 6. The van der Waals surface area contributed by atoms with Crippen LogP contribution in [0.25, 0.3) is 0 Å². The summed E-state index contributed by atoms with van der Waals surface area (Å²) < 4.78 is 23.9. The summed E-state index contributed by atoms with van der Waals surface area (Å²) in [6.07, 6.45) is -0.314. The summed E-state index contributed by atoms with van der Waals surface area (Å²) in [5, 5.41) is 9.58. The highest BCUT2D eigenvalue weighted by Gasteiger charge is 2.47. The smallest absolute Gasteiger partial charge is 0.204 e. The number of hydrogen-bond acceptors (Lipinski definition) is 5. The Morgan fingerprint density at radius 2 is 1.52 bits per heavy atom. The Morgan fingerprint density at radius 3 is 2.03 bits per heavy atom. The fourth-order valence-electron chi connectivity index (χ4n) is 3.83. The van der Waals surface area contributed by atoms with Gasteiger partial charge in [0, 0.05) is 24.7 Å². The van der Waals surface area contributed by atoms with Crippen molar-refractivity contribution in [2.45, 2.75) is 18.3 Å². The van der Waals surface area contributed by atoms with Crippen molar-refractivity contribution in [2.75, 3.05) is 20.8 Å². The summed E-state index contributed by atoms with van der Waals surface area (Å²) in [4.78, 5) is 0. The molecule has 0 aliphatic carbocycles. The number of aliphatic hydroxyl groups excluding tert-OH is 1. The molecule has 3 aromatic rings. The highest BCUT2D eigenvalue weighted by atomic mass is 16.7. The average Bonchev–Trinajstić information content (AvgIpc) is 2.79. The zero-order chi connectivity index (χ0) is 20.3. The zero-order valence-corrected chi connectivity index (χ0v) is 16.5. The highest BCUT2D eigenvalue weighted by Crippen LogP contribution is 2.52. The standard InChI is InChI=1S/C24H24O5/c1-26-19-15-20-23(21(16-19)27-2)28-22(13-14-25)29-24(20,17-9-5-3-6-10-17)18-11-7-4-8-12-18/h3-12,15-16,22,25H,13-14H2,1-2H3. The molecule has 0 fully saturated rings. The van der Waals surface area contributed by atoms with Gasteiger partial charge in [-0.05, 0) is 17.2 Å². The second kappa shape index (κ2) is 8.15. The van der Waals surface area contributed by atoms with E-state index in [2.05, 4.69) is 0 Å². The summed E-state index contributed by atoms with van der Waals surface area (Å²) in [5.74, 6) is 1.79. The first-order chi connectivity index (χ1) is 14.2. The normalized spacial score (nSPS) is 17.1. The predicted molar refractivity (Wildman–Crippen MR) is 110 cm³/mol. The molecule has 0 radical (unpaired) electrons. The van der Waals surface area contributed by atoms with Crippen molar-refractivity contribution >= 4 is 0 Å². The van der Waals surface area contributed by atoms with Crippen molar-refractivity contribution < 1.29 is 24.1 Å². The lowest BCUT2D eigenvalue weighted by Gasteiger charge is -2.43. The minimum atomic E-state index is -0.947. The summed E-state index contributed by atoms with van der Waals surface area (Å²) in [6, 6.07) is 23.7. The fourth-order valence-corrected chi connectivity index (χ4v) is 3.83. The number of benzene rings is 3. The number of aliphatic hydroxyl groups is 1. The number of hydrogen-bond donors (Lipinski definition) is 1. The fraction of sp³-hybridized carbons (Fsp3) is 0.250. The maximum Gasteiger partial charge on any atom is 0.204 e. The van der Waals surface area contributed by atoms with Crippen LogP contribution in [0.15, 0.2) is 72.8 Å². The third-order valence-corrected chi connectivity index (χ3v) is 5.15. The van der Waals surface area contributed by atoms with E-state index in [0.717, 1.165) is 16.7 Å². The molecule has 1 heterocycles. The Hall–Kier alpha value is -3.02. The molecule has 0 saturated carbocycles. The minimum absolute atomic E-state index is 0.0574. The van der Waals surface area contributed by atoms with E-state index in [0.29, 0.717) is 23.7 Å². The van der Waals surface area contributed by atoms with Crippen LogP contribution in [0.5, 0.6) is 17.2 Å². The van der Waals surface area contributed by atoms with Crippen molar-refractivity contribution in [2.24, 2.45) is 0 Å². The van der Waals surface area contributed by atoms with Crippen molar-refractivity contribution in [1.29, 1.82) is 0 Å². The molecule has 29 heavy (non-hydrogen) atoms. The maximum absolute atomic E-state index is 9.58. The Kier molecular flexibility index (Phi) is 5.43. The van der Waals surface area contributed by atoms with Gasteiger partial charge in [0.05, 0.1) is 14.2 Å². The minimum Gasteiger partial charge on any atom is -0.497 e. The van der Waals surface area contributed by atoms with Crippen LogP contribution in [0.2, 0.25) is 0 Å². The van der Waals surface area contributed by atoms with E-state index in [-0.39, 0.29) is 6.61 Å². The van der Waals surface area contributed by atoms with E-state index >= 15 is 0 Å². The molecule has 1 N–H and O–H groups in total. The van der Waals surface area contributed by atoms with Gasteiger partial charge in [0.2, 0.25) is 6.29 Å². The molecule has 150 valence electrons. The van der Waals surface area contributed by atoms with Crippen LogP contribution in [0, 0.1) is 0 Å². The summed E-state index contributed by atoms with van der Waals surface area (Å²) >= 11 is 0. The molecular formula is C24H24O5. The molecule has 3 aromatic carbocycles. The second-order valence-corrected chi connectivity index (χ2v) is 6.80. The number of methoxy groups -OCH3 is 2. The molecule has 5 heteroatoms. The Balaban J connectivity index is 2.07. The third-order valence-electron chi connectivity index (χ3n) is 5.15. The van der Waals surface area contributed by atoms with E-state index < -0.39 is 11.9 Å². The molecule has 1 atom stereocenters. The van der Waals surface area contributed by atoms with Gasteiger partial charge in [-0.2, -0.15) is 0 Å². The monoisotopic (exact) mass is 392 g/mol. The van der Waals surface area contributed by atoms with Crippen molar-refractivity contribution in [3.63, 3.8) is 0 Å². The van der Waals surface area contributed by atoms with Gasteiger partial charge >= 0.3 is 0 Å². The predicted octanol–water partition coefficient (Wildman–Crippen LogP) is 4.11. The SMILES string of the molecule is COc1cc(OC)c2c(c1)C(c1ccccc1)(c1ccccc1)OC(CCO)O2. The molecule has 0 spiro atoms. The van der Waals surface area contributed by atoms with Gasteiger partial charge in [-0.3, -0.25) is 0 Å². The van der Waals surface area contributed by atoms with Crippen molar-refractivity contribution in [1.82, 2.24) is 0 Å². The molecule has 1 aliphatic rings. The molecule has 4 rings (SSSR count). The van der Waals surface area contributed by atoms with Crippen LogP contribution in [-0.2, 0) is 10.3 Å². The highest BCUT2D eigenvalue weighted by molar-refractivity contribution is 5.61. The molecule has 1 unspecified atom stereocenters. The number of ether oxygens (including phenoxy) is 4. The molecule has 5 nitrogen and oxygen atoms in total. The van der Waals surface area contributed by atoms with E-state index in [4.69, 9.17) is 18.9 Å². The Labute approximate surface area is 170 Å². The van der Waals surface area contributed by atoms with E-state index in [1.54, 1.807) is 20.3 Å². The van der Waals surface area contributed by atoms with Crippen LogP contribution in [-0.4, -0.2) is 32.2 Å². The average molecular weight is 392 g/mol. The molecule has 0 amide bonds. The first kappa shape index (κ1) is 19.3. The third kappa shape index (κ3) is 3.33. The second-order valence-electron chi connectivity index (χ2n) is 6.80. The molecular weight excluding hydrogens is 368 g/mol. The quantitative estimate of drug-likeness (QED) is 0.684. The van der Waals surface area contributed by atoms with Crippen LogP contribution in [0.4, 0.5) is 0 Å². The van der Waals surface area contributed by atoms with Gasteiger partial charge in [0.15, 0.2) is 17.1 Å². The van der Waals surface area contributed by atoms with Crippen LogP contribution in [0.1, 0.15) is 23.1 Å². The summed E-state index contributed by atoms with van der Waals surface area (Å²) in [6.45, 7) is -0.0574. The molecule has 1 aliphatic heterocycles. The van der Waals surface area contributed by atoms with Gasteiger partial charge in [-0.1, -0.05) is 60.7 Å². The summed E-state index contributed by atoms with van der Waals surface area (Å²) in [7, 11) is 3.22. The van der Waals surface area contributed by atoms with Crippen LogP contribution < -0.4 is 14.2 Å². The van der Waals surface area contributed by atoms with Crippen LogP contribution >= 0.6 is 0 Å². The molecule has 0 bridgehead atoms. The topological polar surface area (TPSA) is 57.2 Å².